The average molecular weight is 440 g/mol. The van der Waals surface area contributed by atoms with Gasteiger partial charge in [-0.25, -0.2) is 4.79 Å². The molecule has 0 aliphatic rings. The second-order valence-electron chi connectivity index (χ2n) is 6.09. The number of carbonyl (C=O) groups is 1. The van der Waals surface area contributed by atoms with Crippen LogP contribution >= 0.6 is 0 Å². The van der Waals surface area contributed by atoms with E-state index in [0.29, 0.717) is 5.56 Å². The molecule has 0 saturated heterocycles. The van der Waals surface area contributed by atoms with Gasteiger partial charge in [0.2, 0.25) is 5.84 Å². The number of phenols is 1. The van der Waals surface area contributed by atoms with Gasteiger partial charge in [0, 0.05) is 5.56 Å². The van der Waals surface area contributed by atoms with Gasteiger partial charge in [0.25, 0.3) is 10.1 Å². The molecule has 0 aliphatic carbocycles. The number of carboxylic acid groups (broad SMARTS) is 1. The lowest BCUT2D eigenvalue weighted by Crippen LogP contribution is -2.03. The molecular weight excluding hydrogens is 424 g/mol. The zero-order chi connectivity index (χ0) is 22.4. The number of benzene rings is 3. The quantitative estimate of drug-likeness (QED) is 0.113. The first-order chi connectivity index (χ1) is 14.8. The summed E-state index contributed by atoms with van der Waals surface area (Å²) >= 11 is 0. The van der Waals surface area contributed by atoms with Crippen molar-refractivity contribution in [2.75, 3.05) is 5.43 Å². The Labute approximate surface area is 177 Å². The van der Waals surface area contributed by atoms with Crippen LogP contribution in [0.15, 0.2) is 93.0 Å². The fraction of sp³-hybridized carbons (Fsp3) is 0. The minimum absolute atomic E-state index is 0.0254. The van der Waals surface area contributed by atoms with Crippen LogP contribution in [0.25, 0.3) is 0 Å². The minimum atomic E-state index is -4.49. The molecule has 158 valence electrons. The second-order valence-corrected chi connectivity index (χ2v) is 7.51. The van der Waals surface area contributed by atoms with Crippen LogP contribution in [0.3, 0.4) is 0 Å². The van der Waals surface area contributed by atoms with E-state index >= 15 is 0 Å². The first kappa shape index (κ1) is 21.6. The molecule has 0 amide bonds. The van der Waals surface area contributed by atoms with Gasteiger partial charge in [0.1, 0.15) is 11.4 Å². The Kier molecular flexibility index (Phi) is 6.38. The van der Waals surface area contributed by atoms with E-state index in [1.807, 2.05) is 0 Å². The molecule has 4 N–H and O–H groups in total. The van der Waals surface area contributed by atoms with E-state index in [1.54, 1.807) is 42.5 Å². The Morgan fingerprint density at radius 2 is 1.61 bits per heavy atom. The molecule has 11 heteroatoms. The highest BCUT2D eigenvalue weighted by molar-refractivity contribution is 7.85. The van der Waals surface area contributed by atoms with E-state index in [1.165, 1.54) is 12.1 Å². The first-order valence-electron chi connectivity index (χ1n) is 8.69. The molecule has 3 aromatic rings. The third-order valence-electron chi connectivity index (χ3n) is 3.97. The summed E-state index contributed by atoms with van der Waals surface area (Å²) < 4.78 is 31.8. The topological polar surface area (TPSA) is 161 Å². The number of rotatable bonds is 6. The maximum absolute atomic E-state index is 11.4. The van der Waals surface area contributed by atoms with Crippen LogP contribution in [0.2, 0.25) is 0 Å². The highest BCUT2D eigenvalue weighted by Gasteiger charge is 2.13. The maximum atomic E-state index is 11.4. The van der Waals surface area contributed by atoms with Gasteiger partial charge in [-0.2, -0.15) is 13.5 Å². The van der Waals surface area contributed by atoms with Gasteiger partial charge in [0.15, 0.2) is 0 Å². The molecule has 3 rings (SSSR count). The molecule has 0 radical (unpaired) electrons. The summed E-state index contributed by atoms with van der Waals surface area (Å²) in [5, 5.41) is 31.3. The van der Waals surface area contributed by atoms with Crippen molar-refractivity contribution in [3.8, 4) is 5.75 Å². The van der Waals surface area contributed by atoms with Gasteiger partial charge < -0.3 is 10.2 Å². The highest BCUT2D eigenvalue weighted by Crippen LogP contribution is 2.26. The summed E-state index contributed by atoms with van der Waals surface area (Å²) in [6.45, 7) is 0. The van der Waals surface area contributed by atoms with Gasteiger partial charge in [-0.3, -0.25) is 9.98 Å². The van der Waals surface area contributed by atoms with Crippen LogP contribution in [0.1, 0.15) is 15.9 Å². The number of azo groups is 1. The summed E-state index contributed by atoms with van der Waals surface area (Å²) in [6, 6.07) is 17.7. The number of aromatic carboxylic acids is 1. The lowest BCUT2D eigenvalue weighted by atomic mass is 10.2. The smallest absolute Gasteiger partial charge is 0.337 e. The molecule has 0 aromatic heterocycles. The summed E-state index contributed by atoms with van der Waals surface area (Å²) in [4.78, 5) is 10.9. The van der Waals surface area contributed by atoms with Crippen molar-refractivity contribution >= 4 is 33.3 Å². The number of phenolic OH excluding ortho intramolecular Hbond substituents is 1. The Morgan fingerprint density at radius 1 is 0.935 bits per heavy atom. The standard InChI is InChI=1S/C20H16N4O6S/c25-18-11-10-14(31(28,29)30)12-17(18)22-24-19(13-6-2-1-3-7-13)23-21-16-9-5-4-8-15(16)20(26)27/h1-12,22,25H,(H,26,27)(H,28,29,30)/b23-21?,24-19+. The number of hydrogen-bond donors (Lipinski definition) is 4. The van der Waals surface area contributed by atoms with Crippen LogP contribution < -0.4 is 5.43 Å². The van der Waals surface area contributed by atoms with E-state index in [9.17, 15) is 28.0 Å². The van der Waals surface area contributed by atoms with E-state index in [2.05, 4.69) is 20.8 Å². The molecule has 0 atom stereocenters. The number of anilines is 1. The van der Waals surface area contributed by atoms with E-state index in [-0.39, 0.29) is 28.5 Å². The molecule has 0 bridgehead atoms. The third-order valence-corrected chi connectivity index (χ3v) is 4.82. The number of amidine groups is 1. The van der Waals surface area contributed by atoms with Gasteiger partial charge in [0.05, 0.1) is 16.1 Å². The summed E-state index contributed by atoms with van der Waals surface area (Å²) in [5.41, 5.74) is 2.95. The minimum Gasteiger partial charge on any atom is -0.506 e. The zero-order valence-electron chi connectivity index (χ0n) is 15.7. The van der Waals surface area contributed by atoms with Crippen LogP contribution in [-0.2, 0) is 10.1 Å². The van der Waals surface area contributed by atoms with Crippen molar-refractivity contribution in [3.63, 3.8) is 0 Å². The normalized spacial score (nSPS) is 12.1. The fourth-order valence-electron chi connectivity index (χ4n) is 2.45. The van der Waals surface area contributed by atoms with Gasteiger partial charge >= 0.3 is 5.97 Å². The Hall–Kier alpha value is -4.09. The van der Waals surface area contributed by atoms with Crippen molar-refractivity contribution < 1.29 is 28.0 Å². The van der Waals surface area contributed by atoms with Gasteiger partial charge in [-0.1, -0.05) is 42.5 Å². The zero-order valence-corrected chi connectivity index (χ0v) is 16.6. The molecular formula is C20H16N4O6S. The van der Waals surface area contributed by atoms with Gasteiger partial charge in [-0.15, -0.1) is 10.2 Å². The lowest BCUT2D eigenvalue weighted by molar-refractivity contribution is 0.0697. The highest BCUT2D eigenvalue weighted by atomic mass is 32.2. The molecule has 0 spiro atoms. The number of aromatic hydroxyl groups is 1. The Balaban J connectivity index is 2.00. The van der Waals surface area contributed by atoms with E-state index in [0.717, 1.165) is 18.2 Å². The largest absolute Gasteiger partial charge is 0.506 e. The molecule has 0 aliphatic heterocycles. The predicted molar refractivity (Wildman–Crippen MR) is 112 cm³/mol. The van der Waals surface area contributed by atoms with Crippen molar-refractivity contribution in [2.45, 2.75) is 4.90 Å². The molecule has 31 heavy (non-hydrogen) atoms. The van der Waals surface area contributed by atoms with Crippen LogP contribution in [0, 0.1) is 0 Å². The Morgan fingerprint density at radius 3 is 2.29 bits per heavy atom. The SMILES string of the molecule is O=C(O)c1ccccc1N=N/C(=N/Nc1cc(S(=O)(=O)O)ccc1O)c1ccccc1. The fourth-order valence-corrected chi connectivity index (χ4v) is 2.96. The van der Waals surface area contributed by atoms with Crippen molar-refractivity contribution in [1.82, 2.24) is 0 Å². The van der Waals surface area contributed by atoms with Crippen LogP contribution in [0.5, 0.6) is 5.75 Å². The summed E-state index contributed by atoms with van der Waals surface area (Å²) in [5.74, 6) is -1.47. The molecule has 0 fully saturated rings. The predicted octanol–water partition coefficient (Wildman–Crippen LogP) is 3.89. The van der Waals surface area contributed by atoms with Gasteiger partial charge in [-0.05, 0) is 30.3 Å². The number of carboxylic acids is 1. The third kappa shape index (κ3) is 5.50. The maximum Gasteiger partial charge on any atom is 0.337 e. The van der Waals surface area contributed by atoms with Crippen LogP contribution in [0.4, 0.5) is 11.4 Å². The molecule has 10 nitrogen and oxygen atoms in total. The average Bonchev–Trinajstić information content (AvgIpc) is 2.75. The number of hydrazone groups is 1. The van der Waals surface area contributed by atoms with E-state index in [4.69, 9.17) is 0 Å². The van der Waals surface area contributed by atoms with Crippen molar-refractivity contribution in [1.29, 1.82) is 0 Å². The van der Waals surface area contributed by atoms with Crippen molar-refractivity contribution in [3.05, 3.63) is 83.9 Å². The number of nitrogens with zero attached hydrogens (tertiary/aromatic N) is 3. The molecule has 3 aromatic carbocycles. The Bertz CT molecular complexity index is 1270. The number of hydrogen-bond acceptors (Lipinski definition) is 7. The second kappa shape index (κ2) is 9.15. The summed E-state index contributed by atoms with van der Waals surface area (Å²) in [6.07, 6.45) is 0. The summed E-state index contributed by atoms with van der Waals surface area (Å²) in [7, 11) is -4.49. The molecule has 0 heterocycles. The number of nitrogens with one attached hydrogen (secondary N) is 1. The van der Waals surface area contributed by atoms with Crippen molar-refractivity contribution in [2.24, 2.45) is 15.3 Å². The van der Waals surface area contributed by atoms with E-state index < -0.39 is 21.0 Å². The monoisotopic (exact) mass is 440 g/mol. The first-order valence-corrected chi connectivity index (χ1v) is 10.1. The lowest BCUT2D eigenvalue weighted by Gasteiger charge is -2.07. The van der Waals surface area contributed by atoms with Crippen LogP contribution in [-0.4, -0.2) is 35.0 Å². The molecule has 0 saturated carbocycles. The molecule has 0 unspecified atom stereocenters.